The number of benzene rings is 3. The number of nitrogens with zero attached hydrogens (tertiary/aromatic N) is 1. The van der Waals surface area contributed by atoms with Gasteiger partial charge in [0.1, 0.15) is 17.5 Å². The molecule has 0 saturated carbocycles. The van der Waals surface area contributed by atoms with Crippen LogP contribution in [-0.4, -0.2) is 21.8 Å². The van der Waals surface area contributed by atoms with Crippen LogP contribution < -0.4 is 10.6 Å². The Morgan fingerprint density at radius 2 is 1.94 bits per heavy atom. The van der Waals surface area contributed by atoms with E-state index in [4.69, 9.17) is 0 Å². The summed E-state index contributed by atoms with van der Waals surface area (Å²) in [5.74, 6) is -1.61. The normalized spacial score (nSPS) is 15.3. The summed E-state index contributed by atoms with van der Waals surface area (Å²) in [6.45, 7) is 0. The molecule has 0 bridgehead atoms. The number of H-pyrrole nitrogens is 1. The van der Waals surface area contributed by atoms with Crippen LogP contribution in [-0.2, 0) is 16.0 Å². The van der Waals surface area contributed by atoms with Gasteiger partial charge in [0, 0.05) is 24.2 Å². The lowest BCUT2D eigenvalue weighted by Gasteiger charge is -2.24. The van der Waals surface area contributed by atoms with Crippen molar-refractivity contribution >= 4 is 34.2 Å². The highest BCUT2D eigenvalue weighted by molar-refractivity contribution is 6.05. The molecule has 3 aromatic carbocycles. The van der Waals surface area contributed by atoms with Gasteiger partial charge in [-0.15, -0.1) is 0 Å². The number of hydrogen-bond donors (Lipinski definition) is 3. The molecule has 0 fully saturated rings. The monoisotopic (exact) mass is 432 g/mol. The van der Waals surface area contributed by atoms with Gasteiger partial charge in [-0.05, 0) is 47.5 Å². The lowest BCUT2D eigenvalue weighted by Crippen LogP contribution is -2.30. The minimum Gasteiger partial charge on any atom is -0.342 e. The van der Waals surface area contributed by atoms with E-state index in [0.717, 1.165) is 0 Å². The molecule has 0 aliphatic carbocycles. The summed E-state index contributed by atoms with van der Waals surface area (Å²) in [4.78, 5) is 32.6. The van der Waals surface area contributed by atoms with E-state index < -0.39 is 11.7 Å². The highest BCUT2D eigenvalue weighted by atomic mass is 19.1. The van der Waals surface area contributed by atoms with Gasteiger partial charge >= 0.3 is 0 Å². The second-order valence-corrected chi connectivity index (χ2v) is 7.71. The quantitative estimate of drug-likeness (QED) is 0.444. The van der Waals surface area contributed by atoms with E-state index in [2.05, 4.69) is 20.6 Å². The van der Waals surface area contributed by atoms with Crippen molar-refractivity contribution in [2.75, 3.05) is 10.6 Å². The van der Waals surface area contributed by atoms with Gasteiger partial charge < -0.3 is 15.6 Å². The molecule has 0 spiro atoms. The minimum atomic E-state index is -0.728. The lowest BCUT2D eigenvalue weighted by molar-refractivity contribution is -0.123. The number of fused-ring (bicyclic) bond motifs is 2. The van der Waals surface area contributed by atoms with Gasteiger partial charge in [-0.25, -0.2) is 13.8 Å². The molecule has 160 valence electrons. The second-order valence-electron chi connectivity index (χ2n) is 7.71. The topological polar surface area (TPSA) is 86.9 Å². The Bertz CT molecular complexity index is 1370. The average Bonchev–Trinajstić information content (AvgIpc) is 3.16. The molecule has 8 heteroatoms. The van der Waals surface area contributed by atoms with E-state index in [-0.39, 0.29) is 24.1 Å². The first-order valence-corrected chi connectivity index (χ1v) is 10.1. The maximum Gasteiger partial charge on any atom is 0.232 e. The number of carbonyl (C=O) groups is 2. The maximum absolute atomic E-state index is 13.9. The summed E-state index contributed by atoms with van der Waals surface area (Å²) >= 11 is 0. The Hall–Kier alpha value is -4.07. The average molecular weight is 432 g/mol. The molecular weight excluding hydrogens is 414 g/mol. The van der Waals surface area contributed by atoms with Crippen LogP contribution in [0.2, 0.25) is 0 Å². The molecule has 32 heavy (non-hydrogen) atoms. The Kier molecular flexibility index (Phi) is 4.89. The largest absolute Gasteiger partial charge is 0.342 e. The van der Waals surface area contributed by atoms with E-state index in [9.17, 15) is 18.4 Å². The molecule has 5 rings (SSSR count). The fraction of sp³-hybridized carbons (Fsp3) is 0.125. The Labute approximate surface area is 181 Å². The molecule has 1 aliphatic heterocycles. The zero-order valence-electron chi connectivity index (χ0n) is 16.8. The molecule has 0 saturated heterocycles. The van der Waals surface area contributed by atoms with Crippen molar-refractivity contribution in [3.05, 3.63) is 89.2 Å². The lowest BCUT2D eigenvalue weighted by atomic mass is 9.89. The van der Waals surface area contributed by atoms with Crippen molar-refractivity contribution in [2.45, 2.75) is 18.8 Å². The number of aromatic nitrogens is 2. The van der Waals surface area contributed by atoms with Gasteiger partial charge in [0.2, 0.25) is 11.8 Å². The van der Waals surface area contributed by atoms with Crippen LogP contribution in [0.5, 0.6) is 0 Å². The number of amides is 2. The highest BCUT2D eigenvalue weighted by Gasteiger charge is 2.31. The van der Waals surface area contributed by atoms with Gasteiger partial charge in [-0.2, -0.15) is 0 Å². The van der Waals surface area contributed by atoms with E-state index >= 15 is 0 Å². The number of hydrogen-bond acceptors (Lipinski definition) is 3. The zero-order chi connectivity index (χ0) is 22.2. The summed E-state index contributed by atoms with van der Waals surface area (Å²) in [5.41, 5.74) is 3.32. The van der Waals surface area contributed by atoms with Crippen LogP contribution in [0.25, 0.3) is 11.0 Å². The van der Waals surface area contributed by atoms with Crippen LogP contribution in [0, 0.1) is 11.6 Å². The smallest absolute Gasteiger partial charge is 0.232 e. The molecule has 2 heterocycles. The minimum absolute atomic E-state index is 0.0243. The summed E-state index contributed by atoms with van der Waals surface area (Å²) in [6.07, 6.45) is 0.289. The van der Waals surface area contributed by atoms with Crippen LogP contribution in [0.3, 0.4) is 0 Å². The third-order valence-corrected chi connectivity index (χ3v) is 5.49. The molecular formula is C24H18F2N4O2. The number of carbonyl (C=O) groups excluding carboxylic acids is 2. The number of nitrogens with one attached hydrogen (secondary N) is 3. The first-order chi connectivity index (χ1) is 15.5. The summed E-state index contributed by atoms with van der Waals surface area (Å²) < 4.78 is 27.5. The van der Waals surface area contributed by atoms with Gasteiger partial charge in [-0.3, -0.25) is 9.59 Å². The number of rotatable bonds is 4. The summed E-state index contributed by atoms with van der Waals surface area (Å²) in [7, 11) is 0. The molecule has 1 aliphatic rings. The predicted molar refractivity (Wildman–Crippen MR) is 116 cm³/mol. The van der Waals surface area contributed by atoms with Gasteiger partial charge in [0.25, 0.3) is 0 Å². The van der Waals surface area contributed by atoms with E-state index in [1.54, 1.807) is 36.4 Å². The first kappa shape index (κ1) is 19.9. The standard InChI is InChI=1S/C24H18F2N4O2/c25-14-5-7-16-17(12-23(31)30-20(16)10-14)24(32)27-15-6-8-19-21(11-15)29-22(28-19)9-13-3-1-2-4-18(13)26/h1-8,10-11,17H,9,12H2,(H,27,32)(H,28,29)(H,30,31). The van der Waals surface area contributed by atoms with Crippen molar-refractivity contribution in [2.24, 2.45) is 0 Å². The van der Waals surface area contributed by atoms with Crippen LogP contribution in [0.4, 0.5) is 20.2 Å². The number of anilines is 2. The highest BCUT2D eigenvalue weighted by Crippen LogP contribution is 2.33. The molecule has 1 unspecified atom stereocenters. The fourth-order valence-electron chi connectivity index (χ4n) is 3.95. The number of imidazole rings is 1. The summed E-state index contributed by atoms with van der Waals surface area (Å²) in [6, 6.07) is 15.7. The molecule has 0 radical (unpaired) electrons. The third kappa shape index (κ3) is 3.82. The van der Waals surface area contributed by atoms with Crippen LogP contribution in [0.15, 0.2) is 60.7 Å². The van der Waals surface area contributed by atoms with Crippen molar-refractivity contribution in [3.63, 3.8) is 0 Å². The maximum atomic E-state index is 13.9. The van der Waals surface area contributed by atoms with E-state index in [0.29, 0.717) is 45.8 Å². The van der Waals surface area contributed by atoms with Crippen LogP contribution >= 0.6 is 0 Å². The zero-order valence-corrected chi connectivity index (χ0v) is 16.8. The van der Waals surface area contributed by atoms with Crippen molar-refractivity contribution in [1.82, 2.24) is 9.97 Å². The molecule has 1 aromatic heterocycles. The third-order valence-electron chi connectivity index (χ3n) is 5.49. The van der Waals surface area contributed by atoms with Crippen molar-refractivity contribution < 1.29 is 18.4 Å². The molecule has 3 N–H and O–H groups in total. The van der Waals surface area contributed by atoms with Crippen molar-refractivity contribution in [3.8, 4) is 0 Å². The van der Waals surface area contributed by atoms with Gasteiger partial charge in [0.05, 0.1) is 17.0 Å². The van der Waals surface area contributed by atoms with Crippen molar-refractivity contribution in [1.29, 1.82) is 0 Å². The van der Waals surface area contributed by atoms with Gasteiger partial charge in [0.15, 0.2) is 0 Å². The van der Waals surface area contributed by atoms with Crippen LogP contribution in [0.1, 0.15) is 29.3 Å². The number of aromatic amines is 1. The fourth-order valence-corrected chi connectivity index (χ4v) is 3.95. The Morgan fingerprint density at radius 1 is 1.09 bits per heavy atom. The molecule has 2 amide bonds. The Morgan fingerprint density at radius 3 is 2.78 bits per heavy atom. The summed E-state index contributed by atoms with van der Waals surface area (Å²) in [5, 5.41) is 5.43. The predicted octanol–water partition coefficient (Wildman–Crippen LogP) is 4.50. The first-order valence-electron chi connectivity index (χ1n) is 10.1. The van der Waals surface area contributed by atoms with Gasteiger partial charge in [-0.1, -0.05) is 24.3 Å². The van der Waals surface area contributed by atoms with E-state index in [1.807, 2.05) is 0 Å². The SMILES string of the molecule is O=C1CC(C(=O)Nc2ccc3nc(Cc4ccccc4F)[nH]c3c2)c2ccc(F)cc2N1. The molecule has 4 aromatic rings. The Balaban J connectivity index is 1.37. The second kappa shape index (κ2) is 7.88. The number of halogens is 2. The molecule has 1 atom stereocenters. The van der Waals surface area contributed by atoms with E-state index in [1.165, 1.54) is 24.3 Å². The molecule has 6 nitrogen and oxygen atoms in total.